The minimum absolute atomic E-state index is 0.0185. The Balaban J connectivity index is 1.86. The van der Waals surface area contributed by atoms with Crippen molar-refractivity contribution in [2.24, 2.45) is 0 Å². The van der Waals surface area contributed by atoms with E-state index in [1.54, 1.807) is 18.3 Å². The molecule has 0 radical (unpaired) electrons. The Bertz CT molecular complexity index is 638. The molecule has 7 heteroatoms. The summed E-state index contributed by atoms with van der Waals surface area (Å²) in [5, 5.41) is 12.7. The molecule has 104 valence electrons. The molecule has 0 spiro atoms. The Morgan fingerprint density at radius 3 is 3.10 bits per heavy atom. The number of carbonyl (C=O) groups is 1. The zero-order valence-electron chi connectivity index (χ0n) is 10.9. The Labute approximate surface area is 115 Å². The van der Waals surface area contributed by atoms with Crippen LogP contribution in [0, 0.1) is 0 Å². The van der Waals surface area contributed by atoms with Crippen LogP contribution in [0.15, 0.2) is 24.5 Å². The Kier molecular flexibility index (Phi) is 2.94. The van der Waals surface area contributed by atoms with Crippen molar-refractivity contribution in [3.8, 4) is 5.75 Å². The fourth-order valence-corrected chi connectivity index (χ4v) is 2.08. The highest BCUT2D eigenvalue weighted by atomic mass is 16.5. The second-order valence-electron chi connectivity index (χ2n) is 4.67. The number of H-pyrrole nitrogens is 1. The summed E-state index contributed by atoms with van der Waals surface area (Å²) in [6.45, 7) is 2.02. The molecule has 1 atom stereocenters. The normalized spacial score (nSPS) is 14.9. The van der Waals surface area contributed by atoms with Crippen LogP contribution < -0.4 is 21.1 Å². The summed E-state index contributed by atoms with van der Waals surface area (Å²) in [4.78, 5) is 11.3. The lowest BCUT2D eigenvalue weighted by Crippen LogP contribution is -2.25. The van der Waals surface area contributed by atoms with Gasteiger partial charge in [0.25, 0.3) is 5.91 Å². The number of hydrogen-bond donors (Lipinski definition) is 4. The Hall–Kier alpha value is -2.70. The highest BCUT2D eigenvalue weighted by Crippen LogP contribution is 2.36. The van der Waals surface area contributed by atoms with Gasteiger partial charge in [-0.3, -0.25) is 9.89 Å². The van der Waals surface area contributed by atoms with Crippen LogP contribution in [-0.4, -0.2) is 22.7 Å². The van der Waals surface area contributed by atoms with Crippen molar-refractivity contribution in [1.82, 2.24) is 10.2 Å². The van der Waals surface area contributed by atoms with E-state index in [0.717, 1.165) is 11.3 Å². The van der Waals surface area contributed by atoms with Crippen molar-refractivity contribution in [1.29, 1.82) is 0 Å². The highest BCUT2D eigenvalue weighted by Gasteiger charge is 2.18. The van der Waals surface area contributed by atoms with Crippen LogP contribution in [0.2, 0.25) is 0 Å². The van der Waals surface area contributed by atoms with Crippen molar-refractivity contribution in [3.63, 3.8) is 0 Å². The molecule has 3 rings (SSSR count). The Morgan fingerprint density at radius 2 is 2.35 bits per heavy atom. The smallest absolute Gasteiger partial charge is 0.262 e. The van der Waals surface area contributed by atoms with Gasteiger partial charge in [-0.1, -0.05) is 0 Å². The van der Waals surface area contributed by atoms with Gasteiger partial charge in [0.1, 0.15) is 5.75 Å². The zero-order chi connectivity index (χ0) is 14.1. The van der Waals surface area contributed by atoms with Gasteiger partial charge in [0.2, 0.25) is 0 Å². The number of aromatic nitrogens is 2. The lowest BCUT2D eigenvalue weighted by atomic mass is 10.1. The van der Waals surface area contributed by atoms with Crippen LogP contribution in [0.4, 0.5) is 17.1 Å². The second kappa shape index (κ2) is 4.76. The van der Waals surface area contributed by atoms with Gasteiger partial charge < -0.3 is 21.1 Å². The summed E-state index contributed by atoms with van der Waals surface area (Å²) in [6.07, 6.45) is 3.56. The first kappa shape index (κ1) is 12.3. The molecular formula is C13H15N5O2. The number of nitrogen functional groups attached to an aromatic ring is 1. The van der Waals surface area contributed by atoms with Gasteiger partial charge >= 0.3 is 0 Å². The van der Waals surface area contributed by atoms with Crippen LogP contribution in [0.5, 0.6) is 5.75 Å². The summed E-state index contributed by atoms with van der Waals surface area (Å²) in [6, 6.07) is 3.52. The van der Waals surface area contributed by atoms with Gasteiger partial charge in [-0.25, -0.2) is 0 Å². The summed E-state index contributed by atoms with van der Waals surface area (Å²) in [5.74, 6) is 0.416. The number of fused-ring (bicyclic) bond motifs is 1. The fraction of sp³-hybridized carbons (Fsp3) is 0.231. The minimum atomic E-state index is -0.170. The van der Waals surface area contributed by atoms with Crippen LogP contribution in [0.1, 0.15) is 18.5 Å². The van der Waals surface area contributed by atoms with Crippen molar-refractivity contribution < 1.29 is 9.53 Å². The second-order valence-corrected chi connectivity index (χ2v) is 4.67. The van der Waals surface area contributed by atoms with Crippen molar-refractivity contribution >= 4 is 23.0 Å². The molecule has 5 N–H and O–H groups in total. The number of aromatic amines is 1. The third-order valence-electron chi connectivity index (χ3n) is 3.18. The fourth-order valence-electron chi connectivity index (χ4n) is 2.08. The van der Waals surface area contributed by atoms with E-state index in [-0.39, 0.29) is 18.6 Å². The van der Waals surface area contributed by atoms with Crippen LogP contribution in [0.3, 0.4) is 0 Å². The van der Waals surface area contributed by atoms with Gasteiger partial charge in [0.15, 0.2) is 6.61 Å². The molecule has 0 bridgehead atoms. The van der Waals surface area contributed by atoms with Crippen LogP contribution in [0.25, 0.3) is 0 Å². The number of ether oxygens (including phenoxy) is 1. The zero-order valence-corrected chi connectivity index (χ0v) is 10.9. The maximum Gasteiger partial charge on any atom is 0.262 e. The number of anilines is 3. The van der Waals surface area contributed by atoms with Gasteiger partial charge in [-0.15, -0.1) is 0 Å². The largest absolute Gasteiger partial charge is 0.482 e. The van der Waals surface area contributed by atoms with E-state index in [0.29, 0.717) is 17.1 Å². The number of carbonyl (C=O) groups excluding carboxylic acids is 1. The average molecular weight is 273 g/mol. The molecule has 1 aliphatic heterocycles. The molecule has 1 amide bonds. The maximum absolute atomic E-state index is 11.3. The van der Waals surface area contributed by atoms with Crippen molar-refractivity contribution in [2.75, 3.05) is 23.0 Å². The quantitative estimate of drug-likeness (QED) is 0.634. The van der Waals surface area contributed by atoms with E-state index in [1.807, 2.05) is 13.1 Å². The van der Waals surface area contributed by atoms with E-state index < -0.39 is 0 Å². The number of nitrogens with one attached hydrogen (secondary N) is 3. The van der Waals surface area contributed by atoms with Gasteiger partial charge in [-0.05, 0) is 13.0 Å². The molecule has 1 aliphatic rings. The molecule has 0 aliphatic carbocycles. The highest BCUT2D eigenvalue weighted by molar-refractivity contribution is 5.97. The van der Waals surface area contributed by atoms with E-state index >= 15 is 0 Å². The number of nitrogens with two attached hydrogens (primary N) is 1. The molecule has 1 aromatic carbocycles. The van der Waals surface area contributed by atoms with E-state index in [2.05, 4.69) is 20.8 Å². The van der Waals surface area contributed by atoms with Crippen molar-refractivity contribution in [2.45, 2.75) is 13.0 Å². The van der Waals surface area contributed by atoms with Crippen molar-refractivity contribution in [3.05, 3.63) is 30.1 Å². The standard InChI is InChI=1S/C13H15N5O2/c1-7(8-4-15-16-5-8)17-10-3-11-12(2-9(10)14)20-6-13(19)18-11/h2-5,7,17H,6,14H2,1H3,(H,15,16)(H,18,19). The van der Waals surface area contributed by atoms with E-state index in [4.69, 9.17) is 10.5 Å². The molecular weight excluding hydrogens is 258 g/mol. The van der Waals surface area contributed by atoms with Crippen LogP contribution >= 0.6 is 0 Å². The lowest BCUT2D eigenvalue weighted by molar-refractivity contribution is -0.118. The summed E-state index contributed by atoms with van der Waals surface area (Å²) in [7, 11) is 0. The first-order valence-electron chi connectivity index (χ1n) is 6.25. The predicted octanol–water partition coefficient (Wildman–Crippen LogP) is 1.50. The first-order valence-corrected chi connectivity index (χ1v) is 6.25. The molecule has 2 heterocycles. The van der Waals surface area contributed by atoms with E-state index in [9.17, 15) is 4.79 Å². The molecule has 1 unspecified atom stereocenters. The monoisotopic (exact) mass is 273 g/mol. The molecule has 0 fully saturated rings. The molecule has 0 saturated carbocycles. The summed E-state index contributed by atoms with van der Waals surface area (Å²) >= 11 is 0. The van der Waals surface area contributed by atoms with Gasteiger partial charge in [0, 0.05) is 17.8 Å². The van der Waals surface area contributed by atoms with E-state index in [1.165, 1.54) is 0 Å². The summed E-state index contributed by atoms with van der Waals surface area (Å²) in [5.41, 5.74) is 8.95. The Morgan fingerprint density at radius 1 is 1.50 bits per heavy atom. The van der Waals surface area contributed by atoms with Gasteiger partial charge in [-0.2, -0.15) is 5.10 Å². The molecule has 7 nitrogen and oxygen atoms in total. The molecule has 1 aromatic heterocycles. The number of nitrogens with zero attached hydrogens (tertiary/aromatic N) is 1. The lowest BCUT2D eigenvalue weighted by Gasteiger charge is -2.22. The predicted molar refractivity (Wildman–Crippen MR) is 75.6 cm³/mol. The topological polar surface area (TPSA) is 105 Å². The minimum Gasteiger partial charge on any atom is -0.482 e. The van der Waals surface area contributed by atoms with Crippen LogP contribution in [-0.2, 0) is 4.79 Å². The molecule has 20 heavy (non-hydrogen) atoms. The average Bonchev–Trinajstić information content (AvgIpc) is 2.94. The number of amides is 1. The number of benzene rings is 1. The molecule has 2 aromatic rings. The third kappa shape index (κ3) is 2.25. The first-order chi connectivity index (χ1) is 9.63. The third-order valence-corrected chi connectivity index (χ3v) is 3.18. The number of rotatable bonds is 3. The number of hydrogen-bond acceptors (Lipinski definition) is 5. The van der Waals surface area contributed by atoms with Gasteiger partial charge in [0.05, 0.1) is 29.3 Å². The molecule has 0 saturated heterocycles. The SMILES string of the molecule is CC(Nc1cc2c(cc1N)OCC(=O)N2)c1cn[nH]c1. The maximum atomic E-state index is 11.3. The summed E-state index contributed by atoms with van der Waals surface area (Å²) < 4.78 is 5.31.